The maximum absolute atomic E-state index is 12.7. The second-order valence-corrected chi connectivity index (χ2v) is 21.3. The Morgan fingerprint density at radius 1 is 0.828 bits per heavy atom. The lowest BCUT2D eigenvalue weighted by molar-refractivity contribution is -0.245. The molecule has 0 radical (unpaired) electrons. The van der Waals surface area contributed by atoms with Crippen LogP contribution in [0.1, 0.15) is 117 Å². The number of esters is 1. The topological polar surface area (TPSA) is 223 Å². The number of cyclic esters (lactones) is 1. The molecule has 0 spiro atoms. The van der Waals surface area contributed by atoms with Crippen molar-refractivity contribution in [2.75, 3.05) is 65.0 Å². The van der Waals surface area contributed by atoms with Gasteiger partial charge < -0.3 is 55.7 Å². The van der Waals surface area contributed by atoms with Crippen LogP contribution in [0.2, 0.25) is 0 Å². The van der Waals surface area contributed by atoms with Gasteiger partial charge in [0.15, 0.2) is 0 Å². The smallest absolute Gasteiger partial charge is 0.331 e. The molecular weight excluding hydrogens is 843 g/mol. The number of aliphatic hydroxyl groups excluding tert-OH is 1. The van der Waals surface area contributed by atoms with Crippen molar-refractivity contribution in [2.24, 2.45) is 34.5 Å². The summed E-state index contributed by atoms with van der Waals surface area (Å²) in [5.41, 5.74) is -0.810. The van der Waals surface area contributed by atoms with Crippen molar-refractivity contribution >= 4 is 41.5 Å². The van der Waals surface area contributed by atoms with Crippen LogP contribution < -0.4 is 26.6 Å². The quantitative estimate of drug-likeness (QED) is 0.0422. The number of carbonyl (C=O) groups is 5. The highest BCUT2D eigenvalue weighted by Crippen LogP contribution is 2.70. The Balaban J connectivity index is 0.654. The number of hydrogen-bond acceptors (Lipinski definition) is 12. The fraction of sp³-hybridized carbons (Fsp3) is 0.851. The lowest BCUT2D eigenvalue weighted by atomic mass is 9.42. The Bertz CT molecular complexity index is 1690. The Morgan fingerprint density at radius 3 is 2.27 bits per heavy atom. The molecule has 2 saturated heterocycles. The van der Waals surface area contributed by atoms with Crippen LogP contribution in [0.4, 0.5) is 4.79 Å². The van der Waals surface area contributed by atoms with Crippen molar-refractivity contribution in [3.8, 4) is 0 Å². The zero-order chi connectivity index (χ0) is 45.3. The molecule has 7 rings (SSSR count). The van der Waals surface area contributed by atoms with Crippen molar-refractivity contribution in [2.45, 2.75) is 152 Å². The van der Waals surface area contributed by atoms with E-state index in [1.807, 2.05) is 18.7 Å². The summed E-state index contributed by atoms with van der Waals surface area (Å²) in [6.07, 6.45) is 13.5. The van der Waals surface area contributed by atoms with E-state index in [0.29, 0.717) is 82.9 Å². The van der Waals surface area contributed by atoms with Crippen LogP contribution in [-0.4, -0.2) is 140 Å². The van der Waals surface area contributed by atoms with E-state index in [9.17, 15) is 34.2 Å². The third-order valence-electron chi connectivity index (χ3n) is 16.5. The predicted octanol–water partition coefficient (Wildman–Crippen LogP) is 3.27. The number of unbranched alkanes of at least 4 members (excludes halogenated alkanes) is 3. The number of thioether (sulfide) groups is 1. The maximum Gasteiger partial charge on any atom is 0.331 e. The molecule has 17 heteroatoms. The van der Waals surface area contributed by atoms with Gasteiger partial charge in [0.25, 0.3) is 0 Å². The molecule has 3 aliphatic heterocycles. The molecule has 0 aromatic rings. The van der Waals surface area contributed by atoms with Crippen LogP contribution in [0.3, 0.4) is 0 Å². The summed E-state index contributed by atoms with van der Waals surface area (Å²) in [5.74, 6) is 1.12. The van der Waals surface area contributed by atoms with Crippen molar-refractivity contribution < 1.29 is 53.1 Å². The molecule has 3 heterocycles. The standard InChI is InChI=1S/C47H75N5O11S/c1-45-15-13-32(25-31(45)11-12-34-35(45)26-38(53)46(2)33(14-16-47(34,46)59)30-24-42(57)63-27-30)62-28-41(56)48-17-7-3-4-9-39(54)49-18-20-60-22-23-61-21-19-50-40(55)10-6-5-8-37-43-36(29-64-37)51-44(58)52-43/h24,31-38,43,53,59H,3-23,25-29H2,1-2H3,(H,48,56)(H,49,54)(H,50,55)(H2,51,52,58)/t31-,32+,33-,34-,35+,36+,37+,38-,43+,45+,46+,47+/m1/s1. The second-order valence-electron chi connectivity index (χ2n) is 20.0. The molecule has 0 unspecified atom stereocenters. The average Bonchev–Trinajstić information content (AvgIpc) is 4.04. The van der Waals surface area contributed by atoms with Crippen LogP contribution in [0, 0.1) is 34.5 Å². The van der Waals surface area contributed by atoms with Crippen LogP contribution in [0.25, 0.3) is 0 Å². The number of amides is 5. The molecule has 4 saturated carbocycles. The summed E-state index contributed by atoms with van der Waals surface area (Å²) in [5, 5.41) is 39.4. The van der Waals surface area contributed by atoms with Crippen molar-refractivity contribution in [3.05, 3.63) is 11.6 Å². The van der Waals surface area contributed by atoms with Gasteiger partial charge in [-0.15, -0.1) is 0 Å². The van der Waals surface area contributed by atoms with Gasteiger partial charge in [0.05, 0.1) is 56.3 Å². The molecule has 6 fully saturated rings. The van der Waals surface area contributed by atoms with E-state index in [1.54, 1.807) is 6.08 Å². The first-order valence-electron chi connectivity index (χ1n) is 24.3. The molecule has 16 nitrogen and oxygen atoms in total. The van der Waals surface area contributed by atoms with Gasteiger partial charge >= 0.3 is 12.0 Å². The van der Waals surface area contributed by atoms with Gasteiger partial charge in [0, 0.05) is 55.0 Å². The van der Waals surface area contributed by atoms with Gasteiger partial charge in [0.1, 0.15) is 13.2 Å². The number of rotatable bonds is 24. The number of urea groups is 1. The minimum absolute atomic E-state index is 0.00735. The zero-order valence-electron chi connectivity index (χ0n) is 38.1. The van der Waals surface area contributed by atoms with Gasteiger partial charge in [-0.05, 0) is 112 Å². The van der Waals surface area contributed by atoms with Gasteiger partial charge in [-0.25, -0.2) is 9.59 Å². The molecule has 0 aromatic heterocycles. The van der Waals surface area contributed by atoms with E-state index in [-0.39, 0.29) is 84.3 Å². The van der Waals surface area contributed by atoms with Gasteiger partial charge in [-0.2, -0.15) is 11.8 Å². The molecule has 12 atom stereocenters. The highest BCUT2D eigenvalue weighted by atomic mass is 32.2. The van der Waals surface area contributed by atoms with E-state index < -0.39 is 17.1 Å². The van der Waals surface area contributed by atoms with E-state index in [4.69, 9.17) is 18.9 Å². The van der Waals surface area contributed by atoms with Crippen LogP contribution in [-0.2, 0) is 38.1 Å². The third kappa shape index (κ3) is 11.2. The van der Waals surface area contributed by atoms with Crippen molar-refractivity contribution in [1.82, 2.24) is 26.6 Å². The first-order valence-corrected chi connectivity index (χ1v) is 25.4. The van der Waals surface area contributed by atoms with E-state index in [2.05, 4.69) is 33.5 Å². The first kappa shape index (κ1) is 49.0. The lowest BCUT2D eigenvalue weighted by Gasteiger charge is -2.65. The predicted molar refractivity (Wildman–Crippen MR) is 240 cm³/mol. The average molecular weight is 918 g/mol. The Morgan fingerprint density at radius 2 is 1.55 bits per heavy atom. The zero-order valence-corrected chi connectivity index (χ0v) is 39.0. The Labute approximate surface area is 383 Å². The number of aliphatic hydroxyl groups is 2. The molecular formula is C47H75N5O11S. The van der Waals surface area contributed by atoms with E-state index in [0.717, 1.165) is 88.4 Å². The first-order chi connectivity index (χ1) is 30.8. The van der Waals surface area contributed by atoms with Crippen molar-refractivity contribution in [1.29, 1.82) is 0 Å². The van der Waals surface area contributed by atoms with Crippen LogP contribution >= 0.6 is 11.8 Å². The summed E-state index contributed by atoms with van der Waals surface area (Å²) in [6.45, 7) is 7.69. The largest absolute Gasteiger partial charge is 0.458 e. The highest BCUT2D eigenvalue weighted by Gasteiger charge is 2.70. The number of carbonyl (C=O) groups excluding carboxylic acids is 5. The Kier molecular flexibility index (Phi) is 17.0. The fourth-order valence-corrected chi connectivity index (χ4v) is 14.4. The number of nitrogens with one attached hydrogen (secondary N) is 5. The third-order valence-corrected chi connectivity index (χ3v) is 18.0. The summed E-state index contributed by atoms with van der Waals surface area (Å²) < 4.78 is 22.5. The minimum Gasteiger partial charge on any atom is -0.458 e. The van der Waals surface area contributed by atoms with Crippen LogP contribution in [0.5, 0.6) is 0 Å². The summed E-state index contributed by atoms with van der Waals surface area (Å²) in [7, 11) is 0. The van der Waals surface area contributed by atoms with Gasteiger partial charge in [-0.1, -0.05) is 26.7 Å². The fourth-order valence-electron chi connectivity index (χ4n) is 12.9. The molecule has 4 aliphatic carbocycles. The molecule has 7 N–H and O–H groups in total. The van der Waals surface area contributed by atoms with Gasteiger partial charge in [0.2, 0.25) is 17.7 Å². The maximum atomic E-state index is 12.7. The monoisotopic (exact) mass is 918 g/mol. The summed E-state index contributed by atoms with van der Waals surface area (Å²) >= 11 is 1.89. The molecule has 7 aliphatic rings. The number of hydrogen-bond donors (Lipinski definition) is 7. The van der Waals surface area contributed by atoms with Crippen LogP contribution in [0.15, 0.2) is 11.6 Å². The second kappa shape index (κ2) is 22.2. The van der Waals surface area contributed by atoms with E-state index in [1.165, 1.54) is 0 Å². The normalized spacial score (nSPS) is 36.1. The van der Waals surface area contributed by atoms with Crippen molar-refractivity contribution in [3.63, 3.8) is 0 Å². The highest BCUT2D eigenvalue weighted by molar-refractivity contribution is 8.00. The molecule has 64 heavy (non-hydrogen) atoms. The van der Waals surface area contributed by atoms with E-state index >= 15 is 0 Å². The molecule has 0 bridgehead atoms. The number of ether oxygens (including phenoxy) is 4. The Hall–Kier alpha value is -2.96. The van der Waals surface area contributed by atoms with Gasteiger partial charge in [-0.3, -0.25) is 14.4 Å². The molecule has 5 amide bonds. The summed E-state index contributed by atoms with van der Waals surface area (Å²) in [4.78, 5) is 60.5. The molecule has 360 valence electrons. The SMILES string of the molecule is C[C@]12CC[C@H](OCC(=O)NCCCCCC(=O)NCCOCCOCCNC(=O)CCCC[C@@H]3SC[C@@H]4NC(=O)N[C@@H]43)C[C@H]1CC[C@@H]1[C@@H]2C[C@@H](O)[C@]2(C)[C@@H](C3=CC(=O)OC3)CC[C@]12O. The number of fused-ring (bicyclic) bond motifs is 6. The summed E-state index contributed by atoms with van der Waals surface area (Å²) in [6, 6.07) is 0.362. The minimum atomic E-state index is -0.992. The molecule has 0 aromatic carbocycles. The lowest BCUT2D eigenvalue weighted by Crippen LogP contribution is -2.67.